The summed E-state index contributed by atoms with van der Waals surface area (Å²) < 4.78 is 0. The monoisotopic (exact) mass is 312 g/mol. The molecule has 0 aliphatic rings. The van der Waals surface area contributed by atoms with E-state index in [4.69, 9.17) is 16.7 Å². The fraction of sp³-hybridized carbons (Fsp3) is 0.467. The molecule has 6 heteroatoms. The van der Waals surface area contributed by atoms with Crippen molar-refractivity contribution in [3.8, 4) is 0 Å². The Morgan fingerprint density at radius 1 is 1.33 bits per heavy atom. The van der Waals surface area contributed by atoms with Crippen molar-refractivity contribution in [3.63, 3.8) is 0 Å². The van der Waals surface area contributed by atoms with Gasteiger partial charge in [0.25, 0.3) is 0 Å². The summed E-state index contributed by atoms with van der Waals surface area (Å²) in [6.45, 7) is 4.14. The van der Waals surface area contributed by atoms with Crippen LogP contribution in [0.2, 0.25) is 5.02 Å². The molecule has 1 unspecified atom stereocenters. The molecule has 1 aromatic carbocycles. The maximum Gasteiger partial charge on any atom is 0.317 e. The third-order valence-electron chi connectivity index (χ3n) is 3.19. The van der Waals surface area contributed by atoms with Gasteiger partial charge in [-0.05, 0) is 17.5 Å². The number of rotatable bonds is 6. The number of carbonyl (C=O) groups is 2. The van der Waals surface area contributed by atoms with Crippen LogP contribution < -0.4 is 5.32 Å². The van der Waals surface area contributed by atoms with Crippen molar-refractivity contribution in [1.29, 1.82) is 0 Å². The summed E-state index contributed by atoms with van der Waals surface area (Å²) in [6.07, 6.45) is -0.0810. The SMILES string of the molecule is CC(C)C(NC(=O)N(C)CCC(=O)O)c1ccccc1Cl. The lowest BCUT2D eigenvalue weighted by Crippen LogP contribution is -2.41. The van der Waals surface area contributed by atoms with Gasteiger partial charge in [0.1, 0.15) is 0 Å². The van der Waals surface area contributed by atoms with Crippen LogP contribution in [0.5, 0.6) is 0 Å². The molecule has 0 aromatic heterocycles. The van der Waals surface area contributed by atoms with E-state index >= 15 is 0 Å². The third kappa shape index (κ3) is 5.27. The Hall–Kier alpha value is -1.75. The molecule has 0 saturated heterocycles. The summed E-state index contributed by atoms with van der Waals surface area (Å²) in [4.78, 5) is 24.0. The van der Waals surface area contributed by atoms with E-state index in [2.05, 4.69) is 5.32 Å². The van der Waals surface area contributed by atoms with Crippen molar-refractivity contribution >= 4 is 23.6 Å². The van der Waals surface area contributed by atoms with Crippen LogP contribution >= 0.6 is 11.6 Å². The number of nitrogens with zero attached hydrogens (tertiary/aromatic N) is 1. The quantitative estimate of drug-likeness (QED) is 0.847. The number of aliphatic carboxylic acids is 1. The second-order valence-electron chi connectivity index (χ2n) is 5.26. The maximum atomic E-state index is 12.1. The first-order valence-corrected chi connectivity index (χ1v) is 7.18. The number of urea groups is 1. The zero-order valence-corrected chi connectivity index (χ0v) is 13.2. The van der Waals surface area contributed by atoms with Crippen LogP contribution in [0.15, 0.2) is 24.3 Å². The molecule has 5 nitrogen and oxygen atoms in total. The minimum absolute atomic E-state index is 0.0810. The second-order valence-corrected chi connectivity index (χ2v) is 5.67. The molecule has 0 fully saturated rings. The summed E-state index contributed by atoms with van der Waals surface area (Å²) in [5, 5.41) is 12.2. The molecule has 0 spiro atoms. The van der Waals surface area contributed by atoms with Crippen LogP contribution in [0, 0.1) is 5.92 Å². The Morgan fingerprint density at radius 3 is 2.48 bits per heavy atom. The average molecular weight is 313 g/mol. The molecule has 0 saturated carbocycles. The molecular weight excluding hydrogens is 292 g/mol. The standard InChI is InChI=1S/C15H21ClN2O3/c1-10(2)14(11-6-4-5-7-12(11)16)17-15(21)18(3)9-8-13(19)20/h4-7,10,14H,8-9H2,1-3H3,(H,17,21)(H,19,20). The highest BCUT2D eigenvalue weighted by Crippen LogP contribution is 2.28. The van der Waals surface area contributed by atoms with Crippen LogP contribution in [0.4, 0.5) is 4.79 Å². The van der Waals surface area contributed by atoms with Crippen molar-refractivity contribution in [2.45, 2.75) is 26.3 Å². The van der Waals surface area contributed by atoms with Gasteiger partial charge in [0.05, 0.1) is 12.5 Å². The highest BCUT2D eigenvalue weighted by molar-refractivity contribution is 6.31. The Kier molecular flexibility index (Phi) is 6.49. The predicted molar refractivity (Wildman–Crippen MR) is 82.4 cm³/mol. The van der Waals surface area contributed by atoms with Crippen LogP contribution in [0.3, 0.4) is 0 Å². The fourth-order valence-corrected chi connectivity index (χ4v) is 2.19. The zero-order valence-electron chi connectivity index (χ0n) is 12.5. The number of nitrogens with one attached hydrogen (secondary N) is 1. The molecular formula is C15H21ClN2O3. The van der Waals surface area contributed by atoms with Gasteiger partial charge < -0.3 is 15.3 Å². The lowest BCUT2D eigenvalue weighted by atomic mass is 9.96. The van der Waals surface area contributed by atoms with Crippen LogP contribution in [-0.4, -0.2) is 35.6 Å². The Bertz CT molecular complexity index is 505. The van der Waals surface area contributed by atoms with Gasteiger partial charge in [-0.2, -0.15) is 0 Å². The molecule has 1 rings (SSSR count). The van der Waals surface area contributed by atoms with E-state index < -0.39 is 5.97 Å². The molecule has 2 amide bonds. The normalized spacial score (nSPS) is 12.0. The van der Waals surface area contributed by atoms with Crippen molar-refractivity contribution in [2.24, 2.45) is 5.92 Å². The summed E-state index contributed by atoms with van der Waals surface area (Å²) in [5.74, 6) is -0.775. The van der Waals surface area contributed by atoms with Crippen LogP contribution in [0.1, 0.15) is 31.9 Å². The predicted octanol–water partition coefficient (Wildman–Crippen LogP) is 3.15. The lowest BCUT2D eigenvalue weighted by molar-refractivity contribution is -0.137. The van der Waals surface area contributed by atoms with Gasteiger partial charge in [0, 0.05) is 18.6 Å². The van der Waals surface area contributed by atoms with E-state index in [1.165, 1.54) is 4.90 Å². The number of hydrogen-bond acceptors (Lipinski definition) is 2. The van der Waals surface area contributed by atoms with Crippen molar-refractivity contribution in [1.82, 2.24) is 10.2 Å². The van der Waals surface area contributed by atoms with E-state index in [-0.39, 0.29) is 31.0 Å². The van der Waals surface area contributed by atoms with E-state index in [0.29, 0.717) is 5.02 Å². The number of hydrogen-bond donors (Lipinski definition) is 2. The van der Waals surface area contributed by atoms with Gasteiger partial charge in [-0.25, -0.2) is 4.79 Å². The van der Waals surface area contributed by atoms with Gasteiger partial charge in [-0.3, -0.25) is 4.79 Å². The van der Waals surface area contributed by atoms with Gasteiger partial charge in [0.15, 0.2) is 0 Å². The molecule has 0 radical (unpaired) electrons. The van der Waals surface area contributed by atoms with Gasteiger partial charge in [-0.1, -0.05) is 43.6 Å². The van der Waals surface area contributed by atoms with Crippen molar-refractivity contribution in [2.75, 3.05) is 13.6 Å². The van der Waals surface area contributed by atoms with E-state index in [1.54, 1.807) is 13.1 Å². The number of halogens is 1. The average Bonchev–Trinajstić information content (AvgIpc) is 2.42. The Morgan fingerprint density at radius 2 is 1.95 bits per heavy atom. The minimum Gasteiger partial charge on any atom is -0.481 e. The summed E-state index contributed by atoms with van der Waals surface area (Å²) >= 11 is 6.19. The number of carboxylic acids is 1. The lowest BCUT2D eigenvalue weighted by Gasteiger charge is -2.27. The number of benzene rings is 1. The summed E-state index contributed by atoms with van der Waals surface area (Å²) in [6, 6.07) is 6.84. The number of amides is 2. The molecule has 0 bridgehead atoms. The minimum atomic E-state index is -0.929. The van der Waals surface area contributed by atoms with Crippen molar-refractivity contribution in [3.05, 3.63) is 34.9 Å². The first-order valence-electron chi connectivity index (χ1n) is 6.80. The summed E-state index contributed by atoms with van der Waals surface area (Å²) in [5.41, 5.74) is 0.856. The fourth-order valence-electron chi connectivity index (χ4n) is 1.94. The van der Waals surface area contributed by atoms with E-state index in [9.17, 15) is 9.59 Å². The highest BCUT2D eigenvalue weighted by atomic mass is 35.5. The molecule has 2 N–H and O–H groups in total. The topological polar surface area (TPSA) is 69.6 Å². The smallest absolute Gasteiger partial charge is 0.317 e. The molecule has 1 aromatic rings. The second kappa shape index (κ2) is 7.88. The van der Waals surface area contributed by atoms with Gasteiger partial charge in [0.2, 0.25) is 0 Å². The first-order chi connectivity index (χ1) is 9.82. The van der Waals surface area contributed by atoms with Crippen LogP contribution in [-0.2, 0) is 4.79 Å². The third-order valence-corrected chi connectivity index (χ3v) is 3.54. The largest absolute Gasteiger partial charge is 0.481 e. The highest BCUT2D eigenvalue weighted by Gasteiger charge is 2.22. The van der Waals surface area contributed by atoms with Gasteiger partial charge >= 0.3 is 12.0 Å². The maximum absolute atomic E-state index is 12.1. The molecule has 0 aliphatic heterocycles. The zero-order chi connectivity index (χ0) is 16.0. The number of carboxylic acid groups (broad SMARTS) is 1. The van der Waals surface area contributed by atoms with E-state index in [0.717, 1.165) is 5.56 Å². The Balaban J connectivity index is 2.78. The summed E-state index contributed by atoms with van der Waals surface area (Å²) in [7, 11) is 1.57. The van der Waals surface area contributed by atoms with Crippen molar-refractivity contribution < 1.29 is 14.7 Å². The molecule has 0 aliphatic carbocycles. The molecule has 1 atom stereocenters. The first kappa shape index (κ1) is 17.3. The molecule has 21 heavy (non-hydrogen) atoms. The number of carbonyl (C=O) groups excluding carboxylic acids is 1. The molecule has 0 heterocycles. The Labute approximate surface area is 129 Å². The van der Waals surface area contributed by atoms with Gasteiger partial charge in [-0.15, -0.1) is 0 Å². The molecule has 116 valence electrons. The van der Waals surface area contributed by atoms with E-state index in [1.807, 2.05) is 32.0 Å². The van der Waals surface area contributed by atoms with Crippen LogP contribution in [0.25, 0.3) is 0 Å².